The lowest BCUT2D eigenvalue weighted by molar-refractivity contribution is 0.339. The summed E-state index contributed by atoms with van der Waals surface area (Å²) in [7, 11) is -2.72. The minimum absolute atomic E-state index is 0.285. The van der Waals surface area contributed by atoms with Crippen molar-refractivity contribution in [2.24, 2.45) is 5.92 Å². The molecule has 0 aromatic rings. The van der Waals surface area contributed by atoms with E-state index in [1.165, 1.54) is 0 Å². The Bertz CT molecular complexity index is 206. The molecule has 4 heteroatoms. The fraction of sp³-hybridized carbons (Fsp3) is 1.00. The first-order valence-corrected chi connectivity index (χ1v) is 5.87. The lowest BCUT2D eigenvalue weighted by Crippen LogP contribution is -2.42. The van der Waals surface area contributed by atoms with E-state index in [1.807, 2.05) is 0 Å². The van der Waals surface area contributed by atoms with Crippen molar-refractivity contribution < 1.29 is 8.42 Å². The van der Waals surface area contributed by atoms with Crippen LogP contribution in [0.15, 0.2) is 0 Å². The minimum Gasteiger partial charge on any atom is -0.316 e. The summed E-state index contributed by atoms with van der Waals surface area (Å²) in [6.07, 6.45) is 0.836. The second-order valence-corrected chi connectivity index (χ2v) is 5.52. The normalized spacial score (nSPS) is 19.7. The smallest absolute Gasteiger partial charge is 0.150 e. The van der Waals surface area contributed by atoms with Gasteiger partial charge >= 0.3 is 0 Å². The van der Waals surface area contributed by atoms with E-state index in [4.69, 9.17) is 0 Å². The van der Waals surface area contributed by atoms with Gasteiger partial charge in [0.05, 0.1) is 5.75 Å². The Morgan fingerprint density at radius 2 is 2.09 bits per heavy atom. The van der Waals surface area contributed by atoms with Crippen LogP contribution in [0.25, 0.3) is 0 Å². The molecule has 1 aliphatic rings. The molecule has 0 bridgehead atoms. The van der Waals surface area contributed by atoms with E-state index >= 15 is 0 Å². The summed E-state index contributed by atoms with van der Waals surface area (Å²) in [5.41, 5.74) is 0. The summed E-state index contributed by atoms with van der Waals surface area (Å²) in [6, 6.07) is 0. The summed E-state index contributed by atoms with van der Waals surface area (Å²) in [5.74, 6) is 1.26. The maximum absolute atomic E-state index is 11.0. The maximum atomic E-state index is 11.0. The fourth-order valence-corrected chi connectivity index (χ4v) is 2.02. The third kappa shape index (κ3) is 2.79. The molecule has 1 aliphatic heterocycles. The van der Waals surface area contributed by atoms with Gasteiger partial charge in [0.15, 0.2) is 0 Å². The van der Waals surface area contributed by atoms with Crippen LogP contribution in [-0.2, 0) is 9.84 Å². The van der Waals surface area contributed by atoms with Crippen LogP contribution >= 0.6 is 0 Å². The van der Waals surface area contributed by atoms with Crippen LogP contribution in [0.5, 0.6) is 0 Å². The first-order valence-electron chi connectivity index (χ1n) is 4.05. The summed E-state index contributed by atoms with van der Waals surface area (Å²) in [6.45, 7) is 3.70. The average Bonchev–Trinajstić information content (AvgIpc) is 1.84. The zero-order valence-electron chi connectivity index (χ0n) is 6.84. The van der Waals surface area contributed by atoms with Gasteiger partial charge in [0.25, 0.3) is 0 Å². The minimum atomic E-state index is -2.72. The maximum Gasteiger partial charge on any atom is 0.150 e. The molecule has 1 saturated heterocycles. The highest BCUT2D eigenvalue weighted by Crippen LogP contribution is 2.09. The molecular weight excluding hydrogens is 162 g/mol. The van der Waals surface area contributed by atoms with Crippen LogP contribution in [0, 0.1) is 5.92 Å². The van der Waals surface area contributed by atoms with Gasteiger partial charge < -0.3 is 5.32 Å². The van der Waals surface area contributed by atoms with Gasteiger partial charge in [-0.25, -0.2) is 8.42 Å². The quantitative estimate of drug-likeness (QED) is 0.659. The lowest BCUT2D eigenvalue weighted by Gasteiger charge is -2.26. The molecule has 1 rings (SSSR count). The van der Waals surface area contributed by atoms with Gasteiger partial charge in [-0.2, -0.15) is 0 Å². The molecule has 1 heterocycles. The molecule has 0 aromatic carbocycles. The van der Waals surface area contributed by atoms with E-state index in [-0.39, 0.29) is 5.75 Å². The standard InChI is InChI=1S/C7H15NO2S/c1-2-11(9,10)4-3-7-5-8-6-7/h7-8H,2-6H2,1H3. The third-order valence-electron chi connectivity index (χ3n) is 2.14. The molecule has 0 aromatic heterocycles. The molecule has 0 radical (unpaired) electrons. The van der Waals surface area contributed by atoms with Gasteiger partial charge in [0.1, 0.15) is 9.84 Å². The van der Waals surface area contributed by atoms with Crippen molar-refractivity contribution in [1.29, 1.82) is 0 Å². The largest absolute Gasteiger partial charge is 0.316 e. The summed E-state index contributed by atoms with van der Waals surface area (Å²) in [4.78, 5) is 0. The number of sulfone groups is 1. The van der Waals surface area contributed by atoms with Crippen molar-refractivity contribution >= 4 is 9.84 Å². The summed E-state index contributed by atoms with van der Waals surface area (Å²) < 4.78 is 22.0. The van der Waals surface area contributed by atoms with Crippen molar-refractivity contribution in [1.82, 2.24) is 5.32 Å². The van der Waals surface area contributed by atoms with E-state index in [2.05, 4.69) is 5.32 Å². The Hall–Kier alpha value is -0.0900. The number of hydrogen-bond acceptors (Lipinski definition) is 3. The Labute approximate surface area is 68.1 Å². The molecule has 0 unspecified atom stereocenters. The van der Waals surface area contributed by atoms with E-state index in [1.54, 1.807) is 6.92 Å². The highest BCUT2D eigenvalue weighted by Gasteiger charge is 2.19. The summed E-state index contributed by atoms with van der Waals surface area (Å²) in [5, 5.41) is 3.12. The molecule has 0 amide bonds. The van der Waals surface area contributed by atoms with Gasteiger partial charge in [-0.05, 0) is 25.4 Å². The molecule has 11 heavy (non-hydrogen) atoms. The van der Waals surface area contributed by atoms with Crippen LogP contribution in [0.1, 0.15) is 13.3 Å². The monoisotopic (exact) mass is 177 g/mol. The molecular formula is C7H15NO2S. The van der Waals surface area contributed by atoms with E-state index < -0.39 is 9.84 Å². The molecule has 1 fully saturated rings. The highest BCUT2D eigenvalue weighted by molar-refractivity contribution is 7.91. The Balaban J connectivity index is 2.20. The third-order valence-corrected chi connectivity index (χ3v) is 3.88. The second kappa shape index (κ2) is 3.54. The number of rotatable bonds is 4. The number of hydrogen-bond donors (Lipinski definition) is 1. The van der Waals surface area contributed by atoms with Gasteiger partial charge in [0.2, 0.25) is 0 Å². The van der Waals surface area contributed by atoms with E-state index in [0.29, 0.717) is 11.7 Å². The van der Waals surface area contributed by atoms with Crippen molar-refractivity contribution in [2.45, 2.75) is 13.3 Å². The molecule has 66 valence electrons. The van der Waals surface area contributed by atoms with Crippen molar-refractivity contribution in [3.8, 4) is 0 Å². The van der Waals surface area contributed by atoms with Crippen molar-refractivity contribution in [3.63, 3.8) is 0 Å². The first-order chi connectivity index (χ1) is 5.14. The van der Waals surface area contributed by atoms with Crippen LogP contribution in [0.3, 0.4) is 0 Å². The molecule has 0 spiro atoms. The second-order valence-electron chi connectivity index (χ2n) is 3.05. The van der Waals surface area contributed by atoms with Crippen LogP contribution in [0.4, 0.5) is 0 Å². The molecule has 3 nitrogen and oxygen atoms in total. The molecule has 1 N–H and O–H groups in total. The van der Waals surface area contributed by atoms with E-state index in [0.717, 1.165) is 19.5 Å². The lowest BCUT2D eigenvalue weighted by atomic mass is 10.0. The molecule has 0 atom stereocenters. The van der Waals surface area contributed by atoms with Gasteiger partial charge in [-0.1, -0.05) is 6.92 Å². The number of nitrogens with one attached hydrogen (secondary N) is 1. The van der Waals surface area contributed by atoms with Gasteiger partial charge in [0, 0.05) is 5.75 Å². The van der Waals surface area contributed by atoms with Crippen LogP contribution in [0.2, 0.25) is 0 Å². The van der Waals surface area contributed by atoms with Crippen LogP contribution in [-0.4, -0.2) is 33.0 Å². The SMILES string of the molecule is CCS(=O)(=O)CCC1CNC1. The fourth-order valence-electron chi connectivity index (χ4n) is 1.04. The molecule has 0 saturated carbocycles. The Morgan fingerprint density at radius 1 is 1.45 bits per heavy atom. The Kier molecular flexibility index (Phi) is 2.90. The predicted octanol–water partition coefficient (Wildman–Crippen LogP) is 0.0306. The molecule has 0 aliphatic carbocycles. The van der Waals surface area contributed by atoms with Gasteiger partial charge in [-0.3, -0.25) is 0 Å². The highest BCUT2D eigenvalue weighted by atomic mass is 32.2. The average molecular weight is 177 g/mol. The van der Waals surface area contributed by atoms with Crippen LogP contribution < -0.4 is 5.32 Å². The first kappa shape index (κ1) is 9.00. The zero-order chi connectivity index (χ0) is 8.32. The topological polar surface area (TPSA) is 46.2 Å². The van der Waals surface area contributed by atoms with E-state index in [9.17, 15) is 8.42 Å². The predicted molar refractivity (Wildman–Crippen MR) is 45.3 cm³/mol. The van der Waals surface area contributed by atoms with Gasteiger partial charge in [-0.15, -0.1) is 0 Å². The van der Waals surface area contributed by atoms with Crippen molar-refractivity contribution in [2.75, 3.05) is 24.6 Å². The summed E-state index contributed by atoms with van der Waals surface area (Å²) >= 11 is 0. The Morgan fingerprint density at radius 3 is 2.45 bits per heavy atom. The van der Waals surface area contributed by atoms with Crippen molar-refractivity contribution in [3.05, 3.63) is 0 Å². The zero-order valence-corrected chi connectivity index (χ0v) is 7.65.